The number of piperidine rings is 1. The van der Waals surface area contributed by atoms with E-state index in [1.165, 1.54) is 11.0 Å². The van der Waals surface area contributed by atoms with Crippen LogP contribution in [0.25, 0.3) is 21.7 Å². The molecule has 0 unspecified atom stereocenters. The molecule has 0 saturated carbocycles. The summed E-state index contributed by atoms with van der Waals surface area (Å²) in [5.41, 5.74) is 11.9. The topological polar surface area (TPSA) is 155 Å². The predicted octanol–water partition coefficient (Wildman–Crippen LogP) is 6.36. The normalized spacial score (nSPS) is 19.1. The summed E-state index contributed by atoms with van der Waals surface area (Å²) in [5, 5.41) is 21.9. The van der Waals surface area contributed by atoms with Crippen molar-refractivity contribution in [2.45, 2.75) is 84.9 Å². The van der Waals surface area contributed by atoms with Crippen LogP contribution in [-0.2, 0) is 14.4 Å². The van der Waals surface area contributed by atoms with E-state index in [1.807, 2.05) is 64.4 Å². The van der Waals surface area contributed by atoms with Crippen LogP contribution in [0, 0.1) is 30.0 Å². The number of aryl methyl sites for hydroxylation is 1. The van der Waals surface area contributed by atoms with Crippen molar-refractivity contribution < 1.29 is 23.9 Å². The van der Waals surface area contributed by atoms with Crippen LogP contribution in [0.15, 0.2) is 60.1 Å². The number of thiazole rings is 1. The minimum atomic E-state index is -0.840. The van der Waals surface area contributed by atoms with Gasteiger partial charge in [0.1, 0.15) is 17.6 Å². The molecule has 2 aliphatic rings. The van der Waals surface area contributed by atoms with Crippen LogP contribution in [-0.4, -0.2) is 74.6 Å². The Bertz CT molecular complexity index is 1970. The fraction of sp³-hybridized carbons (Fsp3) is 0.463. The number of rotatable bonds is 11. The van der Waals surface area contributed by atoms with E-state index in [0.29, 0.717) is 36.5 Å². The number of nitrogens with two attached hydrogens (primary N) is 1. The molecule has 2 aromatic heterocycles. The van der Waals surface area contributed by atoms with Crippen LogP contribution in [0.5, 0.6) is 0 Å². The molecule has 286 valence electrons. The van der Waals surface area contributed by atoms with Crippen LogP contribution in [0.4, 0.5) is 15.9 Å². The van der Waals surface area contributed by atoms with E-state index in [1.54, 1.807) is 35.6 Å². The maximum atomic E-state index is 14.5. The monoisotopic (exact) mass is 755 g/mol. The van der Waals surface area contributed by atoms with Gasteiger partial charge < -0.3 is 26.0 Å². The number of likely N-dealkylation sites (tertiary alicyclic amines) is 1. The summed E-state index contributed by atoms with van der Waals surface area (Å²) in [6, 6.07) is 15.0. The molecule has 4 N–H and O–H groups in total. The molecule has 13 heteroatoms. The minimum Gasteiger partial charge on any atom is -0.391 e. The Morgan fingerprint density at radius 1 is 1.07 bits per heavy atom. The molecule has 54 heavy (non-hydrogen) atoms. The standard InChI is InChI=1S/C41H50FN7O4S/c1-24(27-10-12-28(13-11-27)37-25(2)44-23-54-37)45-39(52)36-20-30(51)22-49(36)40(53)32(41(3,4)5)19-29(50)18-26-14-16-48(17-15-26)35-21-34(46-47-38(35)43)31-8-6-7-9-33(31)42/h6-13,21,23-24,26,30,32,36,51H,14-20,22H2,1-5H3,(H2,43,47)(H,45,52)/t24-,30+,32+,36-/m0/s1. The van der Waals surface area contributed by atoms with Crippen LogP contribution < -0.4 is 16.0 Å². The average molecular weight is 756 g/mol. The zero-order valence-corrected chi connectivity index (χ0v) is 32.4. The maximum absolute atomic E-state index is 14.5. The predicted molar refractivity (Wildman–Crippen MR) is 209 cm³/mol. The first-order valence-electron chi connectivity index (χ1n) is 18.6. The van der Waals surface area contributed by atoms with Gasteiger partial charge in [-0.3, -0.25) is 14.4 Å². The number of β-amino-alcohol motifs (C(OH)–C–C–N with tert-alkyl or cyclic N) is 1. The van der Waals surface area contributed by atoms with Crippen molar-refractivity contribution in [3.05, 3.63) is 77.2 Å². The highest BCUT2D eigenvalue weighted by molar-refractivity contribution is 7.13. The Balaban J connectivity index is 1.06. The number of nitrogens with one attached hydrogen (secondary N) is 1. The van der Waals surface area contributed by atoms with Crippen LogP contribution in [0.1, 0.15) is 77.1 Å². The minimum absolute atomic E-state index is 0.00000448. The lowest BCUT2D eigenvalue weighted by molar-refractivity contribution is -0.146. The summed E-state index contributed by atoms with van der Waals surface area (Å²) in [5.74, 6) is -1.27. The number of carbonyl (C=O) groups is 3. The molecule has 2 aromatic carbocycles. The molecule has 0 aliphatic carbocycles. The van der Waals surface area contributed by atoms with Gasteiger partial charge in [-0.05, 0) is 67.3 Å². The smallest absolute Gasteiger partial charge is 0.243 e. The highest BCUT2D eigenvalue weighted by Crippen LogP contribution is 2.36. The van der Waals surface area contributed by atoms with Gasteiger partial charge >= 0.3 is 0 Å². The number of anilines is 2. The number of aliphatic hydroxyl groups excluding tert-OH is 1. The number of carbonyl (C=O) groups excluding carboxylic acids is 3. The largest absolute Gasteiger partial charge is 0.391 e. The lowest BCUT2D eigenvalue weighted by atomic mass is 9.75. The second-order valence-corrected chi connectivity index (χ2v) is 16.6. The zero-order chi connectivity index (χ0) is 38.7. The first kappa shape index (κ1) is 39.0. The number of ketones is 1. The number of nitrogens with zero attached hydrogens (tertiary/aromatic N) is 5. The maximum Gasteiger partial charge on any atom is 0.243 e. The van der Waals surface area contributed by atoms with E-state index in [4.69, 9.17) is 5.73 Å². The van der Waals surface area contributed by atoms with Gasteiger partial charge in [-0.15, -0.1) is 21.5 Å². The Hall–Kier alpha value is -4.75. The molecule has 0 spiro atoms. The Morgan fingerprint density at radius 2 is 1.78 bits per heavy atom. The molecular weight excluding hydrogens is 706 g/mol. The number of aliphatic hydroxyl groups is 1. The quantitative estimate of drug-likeness (QED) is 0.159. The van der Waals surface area contributed by atoms with Crippen molar-refractivity contribution in [2.24, 2.45) is 17.3 Å². The lowest BCUT2D eigenvalue weighted by Gasteiger charge is -2.36. The van der Waals surface area contributed by atoms with Gasteiger partial charge in [-0.25, -0.2) is 9.37 Å². The van der Waals surface area contributed by atoms with Gasteiger partial charge in [-0.1, -0.05) is 57.2 Å². The van der Waals surface area contributed by atoms with Gasteiger partial charge in [-0.2, -0.15) is 0 Å². The Labute approximate surface area is 320 Å². The summed E-state index contributed by atoms with van der Waals surface area (Å²) in [6.45, 7) is 11.0. The van der Waals surface area contributed by atoms with E-state index < -0.39 is 23.5 Å². The van der Waals surface area contributed by atoms with Crippen molar-refractivity contribution in [1.29, 1.82) is 0 Å². The third kappa shape index (κ3) is 8.79. The number of Topliss-reactive ketones (excluding diaryl/α,β-unsaturated/α-hetero) is 1. The number of amides is 2. The molecule has 0 radical (unpaired) electrons. The number of halogens is 1. The fourth-order valence-corrected chi connectivity index (χ4v) is 8.43. The average Bonchev–Trinajstić information content (AvgIpc) is 3.76. The van der Waals surface area contributed by atoms with E-state index in [-0.39, 0.29) is 60.6 Å². The third-order valence-corrected chi connectivity index (χ3v) is 11.8. The van der Waals surface area contributed by atoms with Crippen molar-refractivity contribution in [3.63, 3.8) is 0 Å². The molecule has 6 rings (SSSR count). The van der Waals surface area contributed by atoms with E-state index in [0.717, 1.165) is 34.5 Å². The van der Waals surface area contributed by atoms with Crippen LogP contribution in [0.3, 0.4) is 0 Å². The molecule has 4 atom stereocenters. The molecule has 0 bridgehead atoms. The lowest BCUT2D eigenvalue weighted by Crippen LogP contribution is -2.50. The Kier molecular flexibility index (Phi) is 11.8. The fourth-order valence-electron chi connectivity index (χ4n) is 7.62. The van der Waals surface area contributed by atoms with Crippen molar-refractivity contribution in [2.75, 3.05) is 30.3 Å². The molecule has 2 amide bonds. The summed E-state index contributed by atoms with van der Waals surface area (Å²) in [7, 11) is 0. The first-order valence-corrected chi connectivity index (χ1v) is 19.5. The van der Waals surface area contributed by atoms with E-state index >= 15 is 0 Å². The number of hydrogen-bond acceptors (Lipinski definition) is 10. The highest BCUT2D eigenvalue weighted by Gasteiger charge is 2.44. The van der Waals surface area contributed by atoms with E-state index in [2.05, 4.69) is 25.4 Å². The molecule has 4 heterocycles. The molecular formula is C41H50FN7O4S. The zero-order valence-electron chi connectivity index (χ0n) is 31.6. The van der Waals surface area contributed by atoms with Gasteiger partial charge in [0.25, 0.3) is 0 Å². The molecule has 11 nitrogen and oxygen atoms in total. The van der Waals surface area contributed by atoms with Gasteiger partial charge in [0, 0.05) is 50.4 Å². The number of aromatic nitrogens is 3. The highest BCUT2D eigenvalue weighted by atomic mass is 32.1. The second-order valence-electron chi connectivity index (χ2n) is 15.8. The molecule has 2 aliphatic heterocycles. The Morgan fingerprint density at radius 3 is 2.43 bits per heavy atom. The molecule has 2 fully saturated rings. The van der Waals surface area contributed by atoms with Crippen molar-refractivity contribution in [3.8, 4) is 21.7 Å². The number of nitrogen functional groups attached to an aromatic ring is 1. The summed E-state index contributed by atoms with van der Waals surface area (Å²) >= 11 is 1.58. The van der Waals surface area contributed by atoms with Crippen molar-refractivity contribution in [1.82, 2.24) is 25.4 Å². The first-order chi connectivity index (χ1) is 25.7. The third-order valence-electron chi connectivity index (χ3n) is 10.8. The second kappa shape index (κ2) is 16.3. The molecule has 2 saturated heterocycles. The number of hydrogen-bond donors (Lipinski definition) is 3. The van der Waals surface area contributed by atoms with Gasteiger partial charge in [0.05, 0.1) is 39.6 Å². The van der Waals surface area contributed by atoms with Crippen LogP contribution in [0.2, 0.25) is 0 Å². The van der Waals surface area contributed by atoms with Crippen LogP contribution >= 0.6 is 11.3 Å². The summed E-state index contributed by atoms with van der Waals surface area (Å²) < 4.78 is 14.5. The van der Waals surface area contributed by atoms with Gasteiger partial charge in [0.15, 0.2) is 5.82 Å². The van der Waals surface area contributed by atoms with Crippen molar-refractivity contribution >= 4 is 40.4 Å². The van der Waals surface area contributed by atoms with Gasteiger partial charge in [0.2, 0.25) is 11.8 Å². The SMILES string of the molecule is Cc1ncsc1-c1ccc([C@H](C)NC(=O)[C@@H]2C[C@@H](O)CN2C(=O)[C@@H](CC(=O)CC2CCN(c3cc(-c4ccccc4F)nnc3N)CC2)C(C)(C)C)cc1. The summed E-state index contributed by atoms with van der Waals surface area (Å²) in [4.78, 5) is 50.5. The molecule has 4 aromatic rings. The van der Waals surface area contributed by atoms with E-state index in [9.17, 15) is 23.9 Å². The number of benzene rings is 2. The summed E-state index contributed by atoms with van der Waals surface area (Å²) in [6.07, 6.45) is 1.17.